The largest absolute Gasteiger partial charge is 0.496 e. The number of esters is 1. The topological polar surface area (TPSA) is 55.8 Å². The van der Waals surface area contributed by atoms with E-state index in [4.69, 9.17) is 14.6 Å². The number of aliphatic hydroxyl groups is 1. The van der Waals surface area contributed by atoms with Gasteiger partial charge in [0.05, 0.1) is 13.7 Å². The molecule has 4 heteroatoms. The number of hydrogen-bond acceptors (Lipinski definition) is 4. The molecule has 0 aliphatic carbocycles. The normalized spacial score (nSPS) is 18.2. The van der Waals surface area contributed by atoms with Gasteiger partial charge < -0.3 is 14.6 Å². The van der Waals surface area contributed by atoms with Crippen LogP contribution in [0.3, 0.4) is 0 Å². The molecule has 4 nitrogen and oxygen atoms in total. The van der Waals surface area contributed by atoms with Crippen LogP contribution in [0.4, 0.5) is 0 Å². The number of methoxy groups -OCH3 is 1. The van der Waals surface area contributed by atoms with Crippen LogP contribution in [0.1, 0.15) is 33.2 Å². The van der Waals surface area contributed by atoms with Crippen LogP contribution in [0.25, 0.3) is 0 Å². The number of carbonyl (C=O) groups excluding carboxylic acids is 1. The average molecular weight is 222 g/mol. The number of rotatable bonds is 2. The number of ether oxygens (including phenoxy) is 2. The lowest BCUT2D eigenvalue weighted by molar-refractivity contribution is 0.0234. The van der Waals surface area contributed by atoms with E-state index in [0.29, 0.717) is 16.9 Å². The molecule has 16 heavy (non-hydrogen) atoms. The Bertz CT molecular complexity index is 451. The molecule has 0 aromatic heterocycles. The monoisotopic (exact) mass is 222 g/mol. The van der Waals surface area contributed by atoms with E-state index in [1.54, 1.807) is 0 Å². The van der Waals surface area contributed by atoms with Crippen LogP contribution in [0.15, 0.2) is 6.07 Å². The molecule has 1 aliphatic rings. The summed E-state index contributed by atoms with van der Waals surface area (Å²) in [6.45, 7) is 3.63. The van der Waals surface area contributed by atoms with Crippen molar-refractivity contribution in [1.29, 1.82) is 0 Å². The first-order chi connectivity index (χ1) is 7.60. The minimum absolute atomic E-state index is 0.204. The van der Waals surface area contributed by atoms with Gasteiger partial charge in [-0.3, -0.25) is 0 Å². The van der Waals surface area contributed by atoms with Gasteiger partial charge >= 0.3 is 5.97 Å². The lowest BCUT2D eigenvalue weighted by Crippen LogP contribution is -2.03. The molecule has 1 aliphatic heterocycles. The smallest absolute Gasteiger partial charge is 0.343 e. The summed E-state index contributed by atoms with van der Waals surface area (Å²) in [7, 11) is 1.53. The van der Waals surface area contributed by atoms with E-state index in [9.17, 15) is 4.79 Å². The van der Waals surface area contributed by atoms with E-state index in [0.717, 1.165) is 11.1 Å². The molecule has 2 rings (SSSR count). The van der Waals surface area contributed by atoms with Gasteiger partial charge in [0.25, 0.3) is 0 Å². The first-order valence-corrected chi connectivity index (χ1v) is 5.10. The summed E-state index contributed by atoms with van der Waals surface area (Å²) in [6.07, 6.45) is -0.560. The lowest BCUT2D eigenvalue weighted by Gasteiger charge is -2.12. The number of benzene rings is 1. The Balaban J connectivity index is 2.69. The number of aliphatic hydroxyl groups excluding tert-OH is 1. The Morgan fingerprint density at radius 1 is 1.50 bits per heavy atom. The fraction of sp³-hybridized carbons (Fsp3) is 0.417. The minimum atomic E-state index is -0.560. The predicted octanol–water partition coefficient (Wildman–Crippen LogP) is 1.52. The summed E-state index contributed by atoms with van der Waals surface area (Å²) >= 11 is 0. The van der Waals surface area contributed by atoms with E-state index in [-0.39, 0.29) is 6.61 Å². The summed E-state index contributed by atoms with van der Waals surface area (Å²) < 4.78 is 10.3. The van der Waals surface area contributed by atoms with Crippen molar-refractivity contribution in [2.45, 2.75) is 20.0 Å². The van der Waals surface area contributed by atoms with E-state index in [1.807, 2.05) is 19.9 Å². The molecule has 1 atom stereocenters. The van der Waals surface area contributed by atoms with Crippen LogP contribution < -0.4 is 4.74 Å². The Morgan fingerprint density at radius 2 is 2.19 bits per heavy atom. The maximum atomic E-state index is 11.7. The third-order valence-corrected chi connectivity index (χ3v) is 2.99. The van der Waals surface area contributed by atoms with Crippen molar-refractivity contribution in [1.82, 2.24) is 0 Å². The molecule has 1 aromatic carbocycles. The summed E-state index contributed by atoms with van der Waals surface area (Å²) in [5.41, 5.74) is 3.11. The third kappa shape index (κ3) is 1.38. The molecular formula is C12H14O4. The highest BCUT2D eigenvalue weighted by Gasteiger charge is 2.34. The van der Waals surface area contributed by atoms with Crippen LogP contribution in [0, 0.1) is 13.8 Å². The zero-order chi connectivity index (χ0) is 11.9. The highest BCUT2D eigenvalue weighted by molar-refractivity contribution is 5.97. The van der Waals surface area contributed by atoms with Crippen LogP contribution >= 0.6 is 0 Å². The van der Waals surface area contributed by atoms with Crippen LogP contribution in [-0.2, 0) is 4.74 Å². The van der Waals surface area contributed by atoms with Gasteiger partial charge in [0, 0.05) is 5.56 Å². The summed E-state index contributed by atoms with van der Waals surface area (Å²) in [6, 6.07) is 1.87. The molecule has 1 heterocycles. The van der Waals surface area contributed by atoms with Crippen molar-refractivity contribution in [3.8, 4) is 5.75 Å². The summed E-state index contributed by atoms with van der Waals surface area (Å²) in [5.74, 6) is 0.130. The molecule has 0 radical (unpaired) electrons. The predicted molar refractivity (Wildman–Crippen MR) is 57.7 cm³/mol. The zero-order valence-electron chi connectivity index (χ0n) is 9.53. The second kappa shape index (κ2) is 3.79. The Hall–Kier alpha value is -1.55. The Labute approximate surface area is 93.8 Å². The maximum Gasteiger partial charge on any atom is 0.343 e. The molecule has 0 saturated heterocycles. The van der Waals surface area contributed by atoms with Crippen molar-refractivity contribution >= 4 is 5.97 Å². The van der Waals surface area contributed by atoms with E-state index in [2.05, 4.69) is 0 Å². The molecule has 0 amide bonds. The Morgan fingerprint density at radius 3 is 2.75 bits per heavy atom. The molecule has 86 valence electrons. The number of cyclic esters (lactones) is 1. The van der Waals surface area contributed by atoms with Crippen LogP contribution in [0.2, 0.25) is 0 Å². The fourth-order valence-corrected chi connectivity index (χ4v) is 2.02. The standard InChI is InChI=1S/C12H14O4/c1-6-4-8-9(5-13)16-12(14)10(8)11(15-3)7(6)2/h4,9,13H,5H2,1-3H3. The molecule has 0 spiro atoms. The van der Waals surface area contributed by atoms with Crippen LogP contribution in [0.5, 0.6) is 5.75 Å². The molecular weight excluding hydrogens is 208 g/mol. The second-order valence-electron chi connectivity index (χ2n) is 3.89. The van der Waals surface area contributed by atoms with E-state index < -0.39 is 12.1 Å². The number of hydrogen-bond donors (Lipinski definition) is 1. The zero-order valence-corrected chi connectivity index (χ0v) is 9.53. The van der Waals surface area contributed by atoms with Crippen molar-refractivity contribution in [2.75, 3.05) is 13.7 Å². The number of aryl methyl sites for hydroxylation is 1. The molecule has 0 saturated carbocycles. The number of fused-ring (bicyclic) bond motifs is 1. The maximum absolute atomic E-state index is 11.7. The first-order valence-electron chi connectivity index (χ1n) is 5.10. The van der Waals surface area contributed by atoms with Crippen LogP contribution in [-0.4, -0.2) is 24.8 Å². The van der Waals surface area contributed by atoms with Gasteiger partial charge in [-0.05, 0) is 25.0 Å². The molecule has 0 bridgehead atoms. The molecule has 0 fully saturated rings. The average Bonchev–Trinajstić information content (AvgIpc) is 2.57. The number of carbonyl (C=O) groups is 1. The summed E-state index contributed by atoms with van der Waals surface area (Å²) in [4.78, 5) is 11.7. The highest BCUT2D eigenvalue weighted by Crippen LogP contribution is 2.39. The molecule has 1 aromatic rings. The van der Waals surface area contributed by atoms with E-state index in [1.165, 1.54) is 7.11 Å². The van der Waals surface area contributed by atoms with Gasteiger partial charge in [-0.1, -0.05) is 6.07 Å². The van der Waals surface area contributed by atoms with Gasteiger partial charge in [-0.15, -0.1) is 0 Å². The van der Waals surface area contributed by atoms with Gasteiger partial charge in [0.2, 0.25) is 0 Å². The minimum Gasteiger partial charge on any atom is -0.496 e. The SMILES string of the molecule is COc1c(C)c(C)cc2c1C(=O)OC2CO. The van der Waals surface area contributed by atoms with Crippen molar-refractivity contribution in [2.24, 2.45) is 0 Å². The van der Waals surface area contributed by atoms with Gasteiger partial charge in [-0.25, -0.2) is 4.79 Å². The van der Waals surface area contributed by atoms with Gasteiger partial charge in [0.15, 0.2) is 6.10 Å². The van der Waals surface area contributed by atoms with Crippen molar-refractivity contribution < 1.29 is 19.4 Å². The van der Waals surface area contributed by atoms with Crippen molar-refractivity contribution in [3.63, 3.8) is 0 Å². The van der Waals surface area contributed by atoms with Crippen molar-refractivity contribution in [3.05, 3.63) is 28.3 Å². The quantitative estimate of drug-likeness (QED) is 0.771. The first kappa shape index (κ1) is 11.0. The Kier molecular flexibility index (Phi) is 2.59. The van der Waals surface area contributed by atoms with Gasteiger partial charge in [0.1, 0.15) is 11.3 Å². The third-order valence-electron chi connectivity index (χ3n) is 2.99. The second-order valence-corrected chi connectivity index (χ2v) is 3.89. The summed E-state index contributed by atoms with van der Waals surface area (Å²) in [5, 5.41) is 9.14. The highest BCUT2D eigenvalue weighted by atomic mass is 16.6. The lowest BCUT2D eigenvalue weighted by atomic mass is 9.97. The molecule has 1 unspecified atom stereocenters. The molecule has 1 N–H and O–H groups in total. The van der Waals surface area contributed by atoms with E-state index >= 15 is 0 Å². The van der Waals surface area contributed by atoms with Gasteiger partial charge in [-0.2, -0.15) is 0 Å². The fourth-order valence-electron chi connectivity index (χ4n) is 2.02.